The van der Waals surface area contributed by atoms with Gasteiger partial charge in [0.2, 0.25) is 0 Å². The second kappa shape index (κ2) is 6.03. The number of thiophene rings is 1. The van der Waals surface area contributed by atoms with Gasteiger partial charge >= 0.3 is 5.97 Å². The van der Waals surface area contributed by atoms with Gasteiger partial charge in [0, 0.05) is 10.4 Å². The lowest BCUT2D eigenvalue weighted by Crippen LogP contribution is -2.03. The van der Waals surface area contributed by atoms with E-state index in [9.17, 15) is 9.18 Å². The Labute approximate surface area is 131 Å². The minimum Gasteiger partial charge on any atom is -0.465 e. The highest BCUT2D eigenvalue weighted by Gasteiger charge is 2.25. The highest BCUT2D eigenvalue weighted by atomic mass is 35.5. The third kappa shape index (κ3) is 2.76. The number of nitrogen functional groups attached to an aromatic ring is 1. The van der Waals surface area contributed by atoms with Crippen molar-refractivity contribution in [1.82, 2.24) is 0 Å². The third-order valence-electron chi connectivity index (χ3n) is 3.13. The fraction of sp³-hybridized carbons (Fsp3) is 0.267. The van der Waals surface area contributed by atoms with E-state index in [1.165, 1.54) is 13.2 Å². The van der Waals surface area contributed by atoms with Crippen molar-refractivity contribution in [2.75, 3.05) is 12.8 Å². The van der Waals surface area contributed by atoms with Crippen molar-refractivity contribution in [3.63, 3.8) is 0 Å². The molecule has 0 fully saturated rings. The van der Waals surface area contributed by atoms with Crippen LogP contribution in [0.2, 0.25) is 5.02 Å². The number of ether oxygens (including phenoxy) is 1. The third-order valence-corrected chi connectivity index (χ3v) is 4.65. The average Bonchev–Trinajstić information content (AvgIpc) is 2.78. The van der Waals surface area contributed by atoms with Crippen molar-refractivity contribution in [1.29, 1.82) is 0 Å². The Kier molecular flexibility index (Phi) is 4.54. The number of hydrogen-bond acceptors (Lipinski definition) is 4. The topological polar surface area (TPSA) is 52.3 Å². The van der Waals surface area contributed by atoms with Gasteiger partial charge in [0.25, 0.3) is 0 Å². The second-order valence-electron chi connectivity index (χ2n) is 4.84. The number of carbonyl (C=O) groups is 1. The maximum absolute atomic E-state index is 14.3. The average molecular weight is 328 g/mol. The number of rotatable bonds is 3. The molecular weight excluding hydrogens is 313 g/mol. The molecular formula is C15H15ClFNO2S. The first-order chi connectivity index (χ1) is 9.88. The first-order valence-electron chi connectivity index (χ1n) is 6.33. The van der Waals surface area contributed by atoms with Gasteiger partial charge in [-0.05, 0) is 17.5 Å². The van der Waals surface area contributed by atoms with Crippen LogP contribution in [-0.4, -0.2) is 13.1 Å². The van der Waals surface area contributed by atoms with Gasteiger partial charge in [0.15, 0.2) is 0 Å². The van der Waals surface area contributed by atoms with Gasteiger partial charge < -0.3 is 10.5 Å². The summed E-state index contributed by atoms with van der Waals surface area (Å²) < 4.78 is 19.0. The molecule has 0 saturated heterocycles. The molecule has 1 heterocycles. The smallest absolute Gasteiger partial charge is 0.350 e. The van der Waals surface area contributed by atoms with E-state index in [1.54, 1.807) is 12.1 Å². The van der Waals surface area contributed by atoms with E-state index < -0.39 is 11.8 Å². The Bertz CT molecular complexity index is 697. The van der Waals surface area contributed by atoms with Crippen LogP contribution in [0.4, 0.5) is 10.1 Å². The number of nitrogens with two attached hydrogens (primary N) is 1. The highest BCUT2D eigenvalue weighted by molar-refractivity contribution is 7.18. The second-order valence-corrected chi connectivity index (χ2v) is 6.26. The molecule has 6 heteroatoms. The predicted molar refractivity (Wildman–Crippen MR) is 84.6 cm³/mol. The number of methoxy groups -OCH3 is 1. The Hall–Kier alpha value is -1.59. The van der Waals surface area contributed by atoms with Gasteiger partial charge in [-0.25, -0.2) is 9.18 Å². The molecule has 0 radical (unpaired) electrons. The van der Waals surface area contributed by atoms with Crippen molar-refractivity contribution < 1.29 is 13.9 Å². The summed E-state index contributed by atoms with van der Waals surface area (Å²) in [6.07, 6.45) is 0. The number of halogens is 2. The summed E-state index contributed by atoms with van der Waals surface area (Å²) >= 11 is 6.96. The van der Waals surface area contributed by atoms with E-state index in [1.807, 2.05) is 13.8 Å². The molecule has 0 spiro atoms. The standard InChI is InChI=1S/C15H15ClFNO2S/c1-7(2)10-12(18)14(15(19)20-3)21-13(10)8-5-4-6-9(16)11(8)17/h4-7H,18H2,1-3H3. The van der Waals surface area contributed by atoms with Crippen molar-refractivity contribution >= 4 is 34.6 Å². The molecule has 0 aliphatic carbocycles. The molecule has 0 bridgehead atoms. The maximum Gasteiger partial charge on any atom is 0.350 e. The monoisotopic (exact) mass is 327 g/mol. The van der Waals surface area contributed by atoms with Gasteiger partial charge in [0.1, 0.15) is 10.7 Å². The molecule has 1 aromatic carbocycles. The summed E-state index contributed by atoms with van der Waals surface area (Å²) in [5.74, 6) is -1.00. The van der Waals surface area contributed by atoms with Gasteiger partial charge in [-0.1, -0.05) is 37.6 Å². The number of hydrogen-bond donors (Lipinski definition) is 1. The highest BCUT2D eigenvalue weighted by Crippen LogP contribution is 2.44. The number of benzene rings is 1. The first kappa shape index (κ1) is 15.8. The van der Waals surface area contributed by atoms with Crippen LogP contribution in [0.3, 0.4) is 0 Å². The minimum absolute atomic E-state index is 0.0352. The van der Waals surface area contributed by atoms with Crippen molar-refractivity contribution in [2.45, 2.75) is 19.8 Å². The zero-order valence-corrected chi connectivity index (χ0v) is 13.4. The van der Waals surface area contributed by atoms with Gasteiger partial charge in [-0.2, -0.15) is 0 Å². The molecule has 0 aliphatic rings. The SMILES string of the molecule is COC(=O)c1sc(-c2cccc(Cl)c2F)c(C(C)C)c1N. The minimum atomic E-state index is -0.520. The fourth-order valence-corrected chi connectivity index (χ4v) is 3.64. The summed E-state index contributed by atoms with van der Waals surface area (Å²) in [5, 5.41) is 0.0359. The zero-order valence-electron chi connectivity index (χ0n) is 11.9. The molecule has 0 aliphatic heterocycles. The molecule has 112 valence electrons. The summed E-state index contributed by atoms with van der Waals surface area (Å²) in [6.45, 7) is 3.87. The molecule has 0 amide bonds. The zero-order chi connectivity index (χ0) is 15.7. The van der Waals surface area contributed by atoms with E-state index in [0.29, 0.717) is 16.1 Å². The molecule has 0 saturated carbocycles. The normalized spacial score (nSPS) is 11.0. The van der Waals surface area contributed by atoms with Gasteiger partial charge in [-0.3, -0.25) is 0 Å². The Balaban J connectivity index is 2.74. The van der Waals surface area contributed by atoms with E-state index in [2.05, 4.69) is 0 Å². The van der Waals surface area contributed by atoms with Gasteiger partial charge in [-0.15, -0.1) is 11.3 Å². The number of anilines is 1. The Morgan fingerprint density at radius 1 is 1.43 bits per heavy atom. The summed E-state index contributed by atoms with van der Waals surface area (Å²) in [6, 6.07) is 4.77. The van der Waals surface area contributed by atoms with Crippen molar-refractivity contribution in [3.05, 3.63) is 39.5 Å². The van der Waals surface area contributed by atoms with E-state index in [-0.39, 0.29) is 15.8 Å². The Morgan fingerprint density at radius 2 is 2.10 bits per heavy atom. The summed E-state index contributed by atoms with van der Waals surface area (Å²) in [4.78, 5) is 12.7. The molecule has 1 aromatic heterocycles. The van der Waals surface area contributed by atoms with Crippen LogP contribution in [0.15, 0.2) is 18.2 Å². The lowest BCUT2D eigenvalue weighted by molar-refractivity contribution is 0.0607. The van der Waals surface area contributed by atoms with Crippen LogP contribution in [-0.2, 0) is 4.74 Å². The fourth-order valence-electron chi connectivity index (χ4n) is 2.15. The van der Waals surface area contributed by atoms with Crippen LogP contribution in [0.1, 0.15) is 35.0 Å². The summed E-state index contributed by atoms with van der Waals surface area (Å²) in [5.41, 5.74) is 7.49. The van der Waals surface area contributed by atoms with Crippen LogP contribution >= 0.6 is 22.9 Å². The quantitative estimate of drug-likeness (QED) is 0.831. The van der Waals surface area contributed by atoms with Crippen molar-refractivity contribution in [3.8, 4) is 10.4 Å². The molecule has 0 atom stereocenters. The molecule has 0 unspecified atom stereocenters. The Morgan fingerprint density at radius 3 is 2.67 bits per heavy atom. The molecule has 2 N–H and O–H groups in total. The number of esters is 1. The van der Waals surface area contributed by atoms with Crippen molar-refractivity contribution in [2.24, 2.45) is 0 Å². The van der Waals surface area contributed by atoms with E-state index in [0.717, 1.165) is 16.9 Å². The lowest BCUT2D eigenvalue weighted by atomic mass is 9.98. The largest absolute Gasteiger partial charge is 0.465 e. The van der Waals surface area contributed by atoms with Crippen LogP contribution in [0, 0.1) is 5.82 Å². The molecule has 2 rings (SSSR count). The van der Waals surface area contributed by atoms with Gasteiger partial charge in [0.05, 0.1) is 17.8 Å². The first-order valence-corrected chi connectivity index (χ1v) is 7.52. The summed E-state index contributed by atoms with van der Waals surface area (Å²) in [7, 11) is 1.29. The number of carbonyl (C=O) groups excluding carboxylic acids is 1. The van der Waals surface area contributed by atoms with E-state index in [4.69, 9.17) is 22.1 Å². The molecule has 3 nitrogen and oxygen atoms in total. The predicted octanol–water partition coefficient (Wildman–Crippen LogP) is 4.70. The van der Waals surface area contributed by atoms with Crippen LogP contribution in [0.5, 0.6) is 0 Å². The van der Waals surface area contributed by atoms with Crippen LogP contribution in [0.25, 0.3) is 10.4 Å². The molecule has 21 heavy (non-hydrogen) atoms. The molecule has 2 aromatic rings. The maximum atomic E-state index is 14.3. The van der Waals surface area contributed by atoms with Crippen LogP contribution < -0.4 is 5.73 Å². The lowest BCUT2D eigenvalue weighted by Gasteiger charge is -2.10. The van der Waals surface area contributed by atoms with E-state index >= 15 is 0 Å².